The maximum absolute atomic E-state index is 12.4. The molecule has 0 aliphatic rings. The lowest BCUT2D eigenvalue weighted by atomic mass is 10.1. The van der Waals surface area contributed by atoms with Gasteiger partial charge in [-0.25, -0.2) is 0 Å². The molecule has 0 radical (unpaired) electrons. The van der Waals surface area contributed by atoms with E-state index in [9.17, 15) is 23.1 Å². The molecule has 100 valence electrons. The third kappa shape index (κ3) is 3.48. The number of carbonyl (C=O) groups excluding carboxylic acids is 1. The average molecular weight is 270 g/mol. The molecule has 0 bridgehead atoms. The first-order valence-electron chi connectivity index (χ1n) is 5.07. The fourth-order valence-electron chi connectivity index (χ4n) is 1.29. The van der Waals surface area contributed by atoms with Gasteiger partial charge in [-0.3, -0.25) is 4.79 Å². The molecule has 7 heteroatoms. The van der Waals surface area contributed by atoms with Crippen molar-refractivity contribution in [1.29, 1.82) is 5.26 Å². The number of phenolic OH excluding ortho intramolecular Hbond substituents is 1. The zero-order valence-electron chi connectivity index (χ0n) is 9.75. The first-order chi connectivity index (χ1) is 8.79. The number of halogens is 3. The Kier molecular flexibility index (Phi) is 4.17. The standard InChI is InChI=1S/C12H9F3N2O2/c1-2-7(6-16)11(19)17-8-3-4-9(10(18)5-8)12(13,14)15/h2-5,18H,1H3,(H,17,19). The Hall–Kier alpha value is -2.49. The topological polar surface area (TPSA) is 73.1 Å². The van der Waals surface area contributed by atoms with Gasteiger partial charge in [0.1, 0.15) is 17.4 Å². The number of allylic oxidation sites excluding steroid dienone is 1. The summed E-state index contributed by atoms with van der Waals surface area (Å²) in [4.78, 5) is 11.5. The van der Waals surface area contributed by atoms with Gasteiger partial charge in [0.2, 0.25) is 0 Å². The van der Waals surface area contributed by atoms with Crippen molar-refractivity contribution in [3.63, 3.8) is 0 Å². The molecule has 1 aromatic rings. The van der Waals surface area contributed by atoms with Gasteiger partial charge in [-0.05, 0) is 19.1 Å². The summed E-state index contributed by atoms with van der Waals surface area (Å²) in [7, 11) is 0. The molecule has 0 heterocycles. The molecule has 2 N–H and O–H groups in total. The third-order valence-corrected chi connectivity index (χ3v) is 2.21. The van der Waals surface area contributed by atoms with Gasteiger partial charge in [0.15, 0.2) is 0 Å². The molecule has 0 aromatic heterocycles. The molecule has 0 atom stereocenters. The van der Waals surface area contributed by atoms with Crippen LogP contribution >= 0.6 is 0 Å². The van der Waals surface area contributed by atoms with E-state index in [0.29, 0.717) is 6.07 Å². The highest BCUT2D eigenvalue weighted by Gasteiger charge is 2.33. The van der Waals surface area contributed by atoms with Crippen LogP contribution in [0.2, 0.25) is 0 Å². The Morgan fingerprint density at radius 1 is 1.47 bits per heavy atom. The molecule has 4 nitrogen and oxygen atoms in total. The van der Waals surface area contributed by atoms with E-state index < -0.39 is 23.4 Å². The summed E-state index contributed by atoms with van der Waals surface area (Å²) in [5.74, 6) is -1.76. The van der Waals surface area contributed by atoms with Gasteiger partial charge in [-0.1, -0.05) is 6.08 Å². The highest BCUT2D eigenvalue weighted by atomic mass is 19.4. The number of nitrogens with one attached hydrogen (secondary N) is 1. The maximum Gasteiger partial charge on any atom is 0.419 e. The molecule has 0 fully saturated rings. The Labute approximate surface area is 106 Å². The molecule has 0 saturated heterocycles. The lowest BCUT2D eigenvalue weighted by Gasteiger charge is -2.10. The number of benzene rings is 1. The van der Waals surface area contributed by atoms with E-state index in [1.54, 1.807) is 6.07 Å². The van der Waals surface area contributed by atoms with Crippen LogP contribution in [0.5, 0.6) is 5.75 Å². The number of hydrogen-bond donors (Lipinski definition) is 2. The molecule has 0 spiro atoms. The van der Waals surface area contributed by atoms with Gasteiger partial charge in [-0.15, -0.1) is 0 Å². The van der Waals surface area contributed by atoms with Crippen LogP contribution in [0.15, 0.2) is 29.8 Å². The smallest absolute Gasteiger partial charge is 0.419 e. The number of carbonyl (C=O) groups is 1. The molecule has 1 rings (SSSR count). The predicted molar refractivity (Wildman–Crippen MR) is 61.1 cm³/mol. The number of amides is 1. The zero-order chi connectivity index (χ0) is 14.6. The minimum absolute atomic E-state index is 0.0369. The number of aromatic hydroxyl groups is 1. The molecular weight excluding hydrogens is 261 g/mol. The second kappa shape index (κ2) is 5.44. The van der Waals surface area contributed by atoms with Crippen LogP contribution in [0.3, 0.4) is 0 Å². The van der Waals surface area contributed by atoms with Crippen LogP contribution < -0.4 is 5.32 Å². The van der Waals surface area contributed by atoms with Crippen molar-refractivity contribution in [1.82, 2.24) is 0 Å². The van der Waals surface area contributed by atoms with E-state index in [-0.39, 0.29) is 11.3 Å². The van der Waals surface area contributed by atoms with Gasteiger partial charge >= 0.3 is 6.18 Å². The summed E-state index contributed by atoms with van der Waals surface area (Å²) < 4.78 is 37.1. The van der Waals surface area contributed by atoms with Gasteiger partial charge in [-0.2, -0.15) is 18.4 Å². The molecule has 1 amide bonds. The van der Waals surface area contributed by atoms with Crippen molar-refractivity contribution in [3.8, 4) is 11.8 Å². The summed E-state index contributed by atoms with van der Waals surface area (Å²) in [5, 5.41) is 20.1. The van der Waals surface area contributed by atoms with E-state index in [1.165, 1.54) is 13.0 Å². The normalized spacial score (nSPS) is 11.8. The summed E-state index contributed by atoms with van der Waals surface area (Å²) >= 11 is 0. The van der Waals surface area contributed by atoms with E-state index in [0.717, 1.165) is 12.1 Å². The first-order valence-corrected chi connectivity index (χ1v) is 5.07. The van der Waals surface area contributed by atoms with Crippen molar-refractivity contribution in [2.45, 2.75) is 13.1 Å². The maximum atomic E-state index is 12.4. The van der Waals surface area contributed by atoms with Crippen molar-refractivity contribution in [2.75, 3.05) is 5.32 Å². The van der Waals surface area contributed by atoms with Crippen LogP contribution in [0, 0.1) is 11.3 Å². The predicted octanol–water partition coefficient (Wildman–Crippen LogP) is 2.82. The Morgan fingerprint density at radius 3 is 2.53 bits per heavy atom. The number of anilines is 1. The molecular formula is C12H9F3N2O2. The van der Waals surface area contributed by atoms with Crippen molar-refractivity contribution >= 4 is 11.6 Å². The number of hydrogen-bond acceptors (Lipinski definition) is 3. The van der Waals surface area contributed by atoms with Gasteiger partial charge in [0.05, 0.1) is 5.56 Å². The van der Waals surface area contributed by atoms with Crippen LogP contribution in [-0.4, -0.2) is 11.0 Å². The minimum Gasteiger partial charge on any atom is -0.507 e. The summed E-state index contributed by atoms with van der Waals surface area (Å²) in [6.45, 7) is 1.47. The van der Waals surface area contributed by atoms with Crippen molar-refractivity contribution in [2.24, 2.45) is 0 Å². The highest BCUT2D eigenvalue weighted by molar-refractivity contribution is 6.06. The Balaban J connectivity index is 2.98. The second-order valence-electron chi connectivity index (χ2n) is 3.50. The Bertz CT molecular complexity index is 571. The molecule has 0 saturated carbocycles. The van der Waals surface area contributed by atoms with Gasteiger partial charge < -0.3 is 10.4 Å². The Morgan fingerprint density at radius 2 is 2.11 bits per heavy atom. The van der Waals surface area contributed by atoms with E-state index >= 15 is 0 Å². The van der Waals surface area contributed by atoms with Crippen molar-refractivity contribution < 1.29 is 23.1 Å². The molecule has 0 unspecified atom stereocenters. The fourth-order valence-corrected chi connectivity index (χ4v) is 1.29. The fraction of sp³-hybridized carbons (Fsp3) is 0.167. The number of rotatable bonds is 2. The molecule has 1 aromatic carbocycles. The van der Waals surface area contributed by atoms with E-state index in [2.05, 4.69) is 5.32 Å². The summed E-state index contributed by atoms with van der Waals surface area (Å²) in [6.07, 6.45) is -3.41. The van der Waals surface area contributed by atoms with Crippen LogP contribution in [-0.2, 0) is 11.0 Å². The number of phenols is 1. The van der Waals surface area contributed by atoms with Crippen LogP contribution in [0.1, 0.15) is 12.5 Å². The first kappa shape index (κ1) is 14.6. The highest BCUT2D eigenvalue weighted by Crippen LogP contribution is 2.36. The van der Waals surface area contributed by atoms with Crippen molar-refractivity contribution in [3.05, 3.63) is 35.4 Å². The minimum atomic E-state index is -4.67. The largest absolute Gasteiger partial charge is 0.507 e. The summed E-state index contributed by atoms with van der Waals surface area (Å²) in [5.41, 5.74) is -1.42. The number of nitriles is 1. The SMILES string of the molecule is CC=C(C#N)C(=O)Nc1ccc(C(F)(F)F)c(O)c1. The van der Waals surface area contributed by atoms with Crippen LogP contribution in [0.4, 0.5) is 18.9 Å². The lowest BCUT2D eigenvalue weighted by Crippen LogP contribution is -2.13. The second-order valence-corrected chi connectivity index (χ2v) is 3.50. The van der Waals surface area contributed by atoms with Gasteiger partial charge in [0.25, 0.3) is 5.91 Å². The van der Waals surface area contributed by atoms with E-state index in [1.807, 2.05) is 0 Å². The quantitative estimate of drug-likeness (QED) is 0.641. The van der Waals surface area contributed by atoms with Crippen LogP contribution in [0.25, 0.3) is 0 Å². The monoisotopic (exact) mass is 270 g/mol. The van der Waals surface area contributed by atoms with Gasteiger partial charge in [0, 0.05) is 11.8 Å². The average Bonchev–Trinajstić information content (AvgIpc) is 2.28. The van der Waals surface area contributed by atoms with E-state index in [4.69, 9.17) is 5.26 Å². The molecule has 19 heavy (non-hydrogen) atoms. The third-order valence-electron chi connectivity index (χ3n) is 2.21. The lowest BCUT2D eigenvalue weighted by molar-refractivity contribution is -0.138. The molecule has 0 aliphatic heterocycles. The molecule has 0 aliphatic carbocycles. The number of alkyl halides is 3. The number of nitrogens with zero attached hydrogens (tertiary/aromatic N) is 1. The summed E-state index contributed by atoms with van der Waals surface area (Å²) in [6, 6.07) is 4.03. The zero-order valence-corrected chi connectivity index (χ0v) is 9.75.